The smallest absolute Gasteiger partial charge is 0.0766 e. The summed E-state index contributed by atoms with van der Waals surface area (Å²) in [6.45, 7) is 9.76. The Kier molecular flexibility index (Phi) is 6.36. The monoisotopic (exact) mass is 316 g/mol. The second kappa shape index (κ2) is 7.29. The van der Waals surface area contributed by atoms with E-state index in [2.05, 4.69) is 53.4 Å². The molecule has 0 spiro atoms. The van der Waals surface area contributed by atoms with Crippen molar-refractivity contribution in [2.45, 2.75) is 53.5 Å². The minimum atomic E-state index is 0.251. The molecule has 104 valence electrons. The molecule has 4 heteroatoms. The van der Waals surface area contributed by atoms with Gasteiger partial charge in [0, 0.05) is 13.2 Å². The van der Waals surface area contributed by atoms with Crippen molar-refractivity contribution in [3.05, 3.63) is 15.9 Å². The lowest BCUT2D eigenvalue weighted by Gasteiger charge is -2.17. The number of halogens is 1. The Morgan fingerprint density at radius 1 is 1.33 bits per heavy atom. The molecule has 1 rings (SSSR count). The molecule has 1 unspecified atom stereocenters. The first-order valence-electron chi connectivity index (χ1n) is 6.88. The van der Waals surface area contributed by atoms with Gasteiger partial charge in [0.05, 0.1) is 15.9 Å². The van der Waals surface area contributed by atoms with E-state index in [4.69, 9.17) is 0 Å². The fourth-order valence-corrected chi connectivity index (χ4v) is 3.10. The van der Waals surface area contributed by atoms with Gasteiger partial charge in [-0.2, -0.15) is 5.10 Å². The van der Waals surface area contributed by atoms with Crippen molar-refractivity contribution in [2.75, 3.05) is 6.61 Å². The third kappa shape index (κ3) is 3.82. The van der Waals surface area contributed by atoms with Gasteiger partial charge in [-0.1, -0.05) is 20.8 Å². The molecule has 1 atom stereocenters. The molecule has 0 aliphatic carbocycles. The summed E-state index contributed by atoms with van der Waals surface area (Å²) in [6, 6.07) is 0. The quantitative estimate of drug-likeness (QED) is 0.837. The minimum Gasteiger partial charge on any atom is -0.396 e. The van der Waals surface area contributed by atoms with E-state index in [9.17, 15) is 5.11 Å². The number of rotatable bonds is 7. The molecule has 0 amide bonds. The average molecular weight is 317 g/mol. The van der Waals surface area contributed by atoms with Gasteiger partial charge in [0.2, 0.25) is 0 Å². The van der Waals surface area contributed by atoms with Crippen LogP contribution in [0, 0.1) is 11.8 Å². The molecular weight excluding hydrogens is 292 g/mol. The Morgan fingerprint density at radius 3 is 2.44 bits per heavy atom. The van der Waals surface area contributed by atoms with Crippen molar-refractivity contribution in [2.24, 2.45) is 11.8 Å². The highest BCUT2D eigenvalue weighted by Crippen LogP contribution is 2.26. The second-order valence-electron chi connectivity index (χ2n) is 5.26. The molecule has 0 bridgehead atoms. The summed E-state index contributed by atoms with van der Waals surface area (Å²) >= 11 is 3.66. The number of aliphatic hydroxyl groups excluding tert-OH is 1. The molecular formula is C14H25BrN2O. The van der Waals surface area contributed by atoms with Crippen LogP contribution in [-0.2, 0) is 19.4 Å². The van der Waals surface area contributed by atoms with E-state index in [1.165, 1.54) is 5.69 Å². The topological polar surface area (TPSA) is 38.0 Å². The van der Waals surface area contributed by atoms with Crippen LogP contribution in [0.1, 0.15) is 45.5 Å². The highest BCUT2D eigenvalue weighted by molar-refractivity contribution is 9.10. The Hall–Kier alpha value is -0.350. The Balaban J connectivity index is 2.90. The number of aryl methyl sites for hydroxylation is 2. The first-order valence-corrected chi connectivity index (χ1v) is 7.67. The van der Waals surface area contributed by atoms with Crippen LogP contribution in [0.2, 0.25) is 0 Å². The first kappa shape index (κ1) is 15.7. The standard InChI is InChI=1S/C14H25BrN2O/c1-5-12-14(15)13(17(6-2)16-12)8-11(9-18)7-10(3)4/h10-11,18H,5-9H2,1-4H3. The van der Waals surface area contributed by atoms with Crippen molar-refractivity contribution in [3.8, 4) is 0 Å². The molecule has 0 fully saturated rings. The fourth-order valence-electron chi connectivity index (χ4n) is 2.37. The number of hydrogen-bond donors (Lipinski definition) is 1. The third-order valence-corrected chi connectivity index (χ3v) is 4.15. The van der Waals surface area contributed by atoms with Crippen LogP contribution in [0.4, 0.5) is 0 Å². The van der Waals surface area contributed by atoms with Crippen LogP contribution in [0.15, 0.2) is 4.47 Å². The van der Waals surface area contributed by atoms with Crippen LogP contribution in [0.5, 0.6) is 0 Å². The maximum absolute atomic E-state index is 9.51. The van der Waals surface area contributed by atoms with E-state index >= 15 is 0 Å². The zero-order valence-electron chi connectivity index (χ0n) is 11.9. The Bertz CT molecular complexity index is 374. The van der Waals surface area contributed by atoms with Crippen LogP contribution < -0.4 is 0 Å². The molecule has 1 aromatic rings. The zero-order chi connectivity index (χ0) is 13.7. The number of aliphatic hydroxyl groups is 1. The fraction of sp³-hybridized carbons (Fsp3) is 0.786. The summed E-state index contributed by atoms with van der Waals surface area (Å²) in [5.41, 5.74) is 2.35. The summed E-state index contributed by atoms with van der Waals surface area (Å²) < 4.78 is 3.19. The molecule has 0 aromatic carbocycles. The van der Waals surface area contributed by atoms with Crippen molar-refractivity contribution < 1.29 is 5.11 Å². The van der Waals surface area contributed by atoms with Crippen molar-refractivity contribution >= 4 is 15.9 Å². The number of aromatic nitrogens is 2. The summed E-state index contributed by atoms with van der Waals surface area (Å²) in [5, 5.41) is 14.1. The van der Waals surface area contributed by atoms with Gasteiger partial charge < -0.3 is 5.11 Å². The summed E-state index contributed by atoms with van der Waals surface area (Å²) in [6.07, 6.45) is 2.89. The summed E-state index contributed by atoms with van der Waals surface area (Å²) in [4.78, 5) is 0. The molecule has 1 heterocycles. The predicted octanol–water partition coefficient (Wildman–Crippen LogP) is 3.43. The zero-order valence-corrected chi connectivity index (χ0v) is 13.5. The predicted molar refractivity (Wildman–Crippen MR) is 78.7 cm³/mol. The van der Waals surface area contributed by atoms with E-state index in [1.807, 2.05) is 0 Å². The van der Waals surface area contributed by atoms with Crippen LogP contribution in [0.25, 0.3) is 0 Å². The van der Waals surface area contributed by atoms with Crippen molar-refractivity contribution in [3.63, 3.8) is 0 Å². The van der Waals surface area contributed by atoms with Gasteiger partial charge in [-0.05, 0) is 54.0 Å². The molecule has 0 aliphatic rings. The van der Waals surface area contributed by atoms with Gasteiger partial charge >= 0.3 is 0 Å². The van der Waals surface area contributed by atoms with Gasteiger partial charge in [0.25, 0.3) is 0 Å². The molecule has 1 N–H and O–H groups in total. The van der Waals surface area contributed by atoms with E-state index in [0.29, 0.717) is 11.8 Å². The van der Waals surface area contributed by atoms with E-state index < -0.39 is 0 Å². The van der Waals surface area contributed by atoms with Gasteiger partial charge in [-0.15, -0.1) is 0 Å². The largest absolute Gasteiger partial charge is 0.396 e. The van der Waals surface area contributed by atoms with Crippen molar-refractivity contribution in [1.29, 1.82) is 0 Å². The highest BCUT2D eigenvalue weighted by Gasteiger charge is 2.18. The molecule has 0 aliphatic heterocycles. The van der Waals surface area contributed by atoms with Crippen LogP contribution in [0.3, 0.4) is 0 Å². The molecule has 0 saturated heterocycles. The maximum atomic E-state index is 9.51. The van der Waals surface area contributed by atoms with E-state index in [0.717, 1.165) is 36.0 Å². The minimum absolute atomic E-state index is 0.251. The lowest BCUT2D eigenvalue weighted by atomic mass is 9.93. The van der Waals surface area contributed by atoms with Gasteiger partial charge in [-0.25, -0.2) is 0 Å². The van der Waals surface area contributed by atoms with Crippen molar-refractivity contribution in [1.82, 2.24) is 9.78 Å². The van der Waals surface area contributed by atoms with E-state index in [1.54, 1.807) is 0 Å². The van der Waals surface area contributed by atoms with Crippen LogP contribution in [-0.4, -0.2) is 21.5 Å². The van der Waals surface area contributed by atoms with Crippen LogP contribution >= 0.6 is 15.9 Å². The Labute approximate surface area is 119 Å². The third-order valence-electron chi connectivity index (χ3n) is 3.24. The summed E-state index contributed by atoms with van der Waals surface area (Å²) in [5.74, 6) is 0.942. The van der Waals surface area contributed by atoms with E-state index in [-0.39, 0.29) is 6.61 Å². The molecule has 0 saturated carbocycles. The summed E-state index contributed by atoms with van der Waals surface area (Å²) in [7, 11) is 0. The Morgan fingerprint density at radius 2 is 2.00 bits per heavy atom. The lowest BCUT2D eigenvalue weighted by Crippen LogP contribution is -2.15. The van der Waals surface area contributed by atoms with Gasteiger partial charge in [-0.3, -0.25) is 4.68 Å². The normalized spacial score (nSPS) is 13.3. The molecule has 18 heavy (non-hydrogen) atoms. The molecule has 1 aromatic heterocycles. The van der Waals surface area contributed by atoms with Gasteiger partial charge in [0.15, 0.2) is 0 Å². The SMILES string of the molecule is CCc1nn(CC)c(CC(CO)CC(C)C)c1Br. The van der Waals surface area contributed by atoms with Gasteiger partial charge in [0.1, 0.15) is 0 Å². The number of nitrogens with zero attached hydrogens (tertiary/aromatic N) is 2. The first-order chi connectivity index (χ1) is 8.53. The molecule has 0 radical (unpaired) electrons. The second-order valence-corrected chi connectivity index (χ2v) is 6.05. The number of hydrogen-bond acceptors (Lipinski definition) is 2. The lowest BCUT2D eigenvalue weighted by molar-refractivity contribution is 0.203. The maximum Gasteiger partial charge on any atom is 0.0766 e. The molecule has 3 nitrogen and oxygen atoms in total. The highest BCUT2D eigenvalue weighted by atomic mass is 79.9. The average Bonchev–Trinajstić information content (AvgIpc) is 2.64.